The number of nitrogens with zero attached hydrogens (tertiary/aromatic N) is 2. The summed E-state index contributed by atoms with van der Waals surface area (Å²) in [7, 11) is 0. The Morgan fingerprint density at radius 2 is 1.97 bits per heavy atom. The van der Waals surface area contributed by atoms with E-state index in [2.05, 4.69) is 9.88 Å². The molecule has 1 atom stereocenters. The largest absolute Gasteiger partial charge is 0.466 e. The number of benzene rings is 1. The third-order valence-corrected chi connectivity index (χ3v) is 5.40. The Morgan fingerprint density at radius 3 is 2.62 bits per heavy atom. The number of aromatic nitrogens is 1. The molecule has 1 unspecified atom stereocenters. The maximum absolute atomic E-state index is 11.5. The van der Waals surface area contributed by atoms with Crippen LogP contribution in [0.15, 0.2) is 48.7 Å². The molecule has 0 amide bonds. The number of esters is 1. The van der Waals surface area contributed by atoms with E-state index in [4.69, 9.17) is 21.1 Å². The Kier molecular flexibility index (Phi) is 8.47. The molecule has 3 rings (SSSR count). The molecule has 1 fully saturated rings. The Morgan fingerprint density at radius 1 is 1.21 bits per heavy atom. The molecule has 0 spiro atoms. The van der Waals surface area contributed by atoms with Crippen molar-refractivity contribution < 1.29 is 14.3 Å². The Labute approximate surface area is 178 Å². The number of hydrogen-bond donors (Lipinski definition) is 0. The predicted molar refractivity (Wildman–Crippen MR) is 114 cm³/mol. The van der Waals surface area contributed by atoms with Gasteiger partial charge in [-0.1, -0.05) is 29.8 Å². The first-order valence-electron chi connectivity index (χ1n) is 10.4. The van der Waals surface area contributed by atoms with Crippen LogP contribution in [-0.2, 0) is 14.3 Å². The van der Waals surface area contributed by atoms with Crippen molar-refractivity contribution in [1.82, 2.24) is 9.88 Å². The summed E-state index contributed by atoms with van der Waals surface area (Å²) in [6.45, 7) is 5.16. The van der Waals surface area contributed by atoms with Gasteiger partial charge in [-0.15, -0.1) is 0 Å². The number of ether oxygens (including phenoxy) is 2. The van der Waals surface area contributed by atoms with Gasteiger partial charge >= 0.3 is 5.97 Å². The van der Waals surface area contributed by atoms with E-state index in [1.54, 1.807) is 6.20 Å². The van der Waals surface area contributed by atoms with Gasteiger partial charge < -0.3 is 14.4 Å². The van der Waals surface area contributed by atoms with Gasteiger partial charge in [-0.05, 0) is 62.6 Å². The van der Waals surface area contributed by atoms with Crippen LogP contribution in [0.4, 0.5) is 0 Å². The zero-order valence-electron chi connectivity index (χ0n) is 16.9. The van der Waals surface area contributed by atoms with Crippen molar-refractivity contribution in [1.29, 1.82) is 0 Å². The predicted octanol–water partition coefficient (Wildman–Crippen LogP) is 4.65. The van der Waals surface area contributed by atoms with E-state index in [1.165, 1.54) is 0 Å². The fraction of sp³-hybridized carbons (Fsp3) is 0.478. The van der Waals surface area contributed by atoms with Gasteiger partial charge in [0, 0.05) is 30.7 Å². The molecule has 2 heterocycles. The van der Waals surface area contributed by atoms with E-state index < -0.39 is 0 Å². The number of carbonyl (C=O) groups is 1. The van der Waals surface area contributed by atoms with E-state index in [-0.39, 0.29) is 18.2 Å². The van der Waals surface area contributed by atoms with Crippen molar-refractivity contribution in [3.05, 3.63) is 64.9 Å². The van der Waals surface area contributed by atoms with Crippen LogP contribution in [0, 0.1) is 0 Å². The number of likely N-dealkylation sites (tertiary alicyclic amines) is 1. The summed E-state index contributed by atoms with van der Waals surface area (Å²) >= 11 is 6.06. The lowest BCUT2D eigenvalue weighted by molar-refractivity contribution is -0.143. The lowest BCUT2D eigenvalue weighted by atomic mass is 10.0. The van der Waals surface area contributed by atoms with Crippen molar-refractivity contribution in [3.63, 3.8) is 0 Å². The standard InChI is InChI=1S/C23H29ClN2O3/c1-2-28-22(27)7-5-15-26-16-12-20(13-17-26)29-23(21-6-3-4-14-25-21)18-8-10-19(24)11-9-18/h3-4,6,8-11,14,20,23H,2,5,7,12-13,15-17H2,1H3. The Bertz CT molecular complexity index is 746. The Balaban J connectivity index is 1.53. The number of carbonyl (C=O) groups excluding carboxylic acids is 1. The van der Waals surface area contributed by atoms with Crippen LogP contribution >= 0.6 is 11.6 Å². The summed E-state index contributed by atoms with van der Waals surface area (Å²) in [5.74, 6) is -0.105. The summed E-state index contributed by atoms with van der Waals surface area (Å²) in [6.07, 6.45) is 5.04. The van der Waals surface area contributed by atoms with Crippen LogP contribution in [0.25, 0.3) is 0 Å². The molecule has 29 heavy (non-hydrogen) atoms. The molecule has 0 N–H and O–H groups in total. The molecule has 0 aliphatic carbocycles. The second-order valence-corrected chi connectivity index (χ2v) is 7.71. The van der Waals surface area contributed by atoms with E-state index in [1.807, 2.05) is 49.4 Å². The zero-order valence-corrected chi connectivity index (χ0v) is 17.7. The summed E-state index contributed by atoms with van der Waals surface area (Å²) in [6, 6.07) is 13.7. The first-order chi connectivity index (χ1) is 14.2. The van der Waals surface area contributed by atoms with Gasteiger partial charge in [0.05, 0.1) is 18.4 Å². The van der Waals surface area contributed by atoms with Gasteiger partial charge in [-0.2, -0.15) is 0 Å². The highest BCUT2D eigenvalue weighted by Gasteiger charge is 2.25. The van der Waals surface area contributed by atoms with E-state index in [0.29, 0.717) is 18.1 Å². The molecule has 0 bridgehead atoms. The lowest BCUT2D eigenvalue weighted by Gasteiger charge is -2.34. The summed E-state index contributed by atoms with van der Waals surface area (Å²) in [5.41, 5.74) is 1.97. The molecule has 0 radical (unpaired) electrons. The van der Waals surface area contributed by atoms with Crippen LogP contribution in [0.3, 0.4) is 0 Å². The van der Waals surface area contributed by atoms with E-state index >= 15 is 0 Å². The van der Waals surface area contributed by atoms with Crippen LogP contribution in [-0.4, -0.2) is 48.2 Å². The van der Waals surface area contributed by atoms with Crippen molar-refractivity contribution >= 4 is 17.6 Å². The van der Waals surface area contributed by atoms with E-state index in [0.717, 1.165) is 50.2 Å². The zero-order chi connectivity index (χ0) is 20.5. The minimum absolute atomic E-state index is 0.105. The Hall–Kier alpha value is -1.95. The van der Waals surface area contributed by atoms with Crippen molar-refractivity contribution in [2.24, 2.45) is 0 Å². The normalized spacial score (nSPS) is 16.5. The van der Waals surface area contributed by atoms with Crippen LogP contribution in [0.5, 0.6) is 0 Å². The van der Waals surface area contributed by atoms with Gasteiger partial charge in [0.2, 0.25) is 0 Å². The van der Waals surface area contributed by atoms with Crippen LogP contribution < -0.4 is 0 Å². The van der Waals surface area contributed by atoms with Gasteiger partial charge in [0.15, 0.2) is 0 Å². The molecule has 1 aromatic carbocycles. The van der Waals surface area contributed by atoms with E-state index in [9.17, 15) is 4.79 Å². The first kappa shape index (κ1) is 21.8. The lowest BCUT2D eigenvalue weighted by Crippen LogP contribution is -2.38. The third-order valence-electron chi connectivity index (χ3n) is 5.15. The molecule has 1 aliphatic heterocycles. The number of hydrogen-bond acceptors (Lipinski definition) is 5. The van der Waals surface area contributed by atoms with Gasteiger partial charge in [0.1, 0.15) is 6.10 Å². The molecular weight excluding hydrogens is 388 g/mol. The number of piperidine rings is 1. The maximum Gasteiger partial charge on any atom is 0.305 e. The molecular formula is C23H29ClN2O3. The minimum Gasteiger partial charge on any atom is -0.466 e. The summed E-state index contributed by atoms with van der Waals surface area (Å²) in [4.78, 5) is 18.4. The van der Waals surface area contributed by atoms with Gasteiger partial charge in [0.25, 0.3) is 0 Å². The molecule has 6 heteroatoms. The van der Waals surface area contributed by atoms with Gasteiger partial charge in [-0.3, -0.25) is 9.78 Å². The van der Waals surface area contributed by atoms with Crippen LogP contribution in [0.1, 0.15) is 50.0 Å². The summed E-state index contributed by atoms with van der Waals surface area (Å²) in [5, 5.41) is 0.713. The molecule has 0 saturated carbocycles. The molecule has 1 saturated heterocycles. The highest BCUT2D eigenvalue weighted by molar-refractivity contribution is 6.30. The summed E-state index contributed by atoms with van der Waals surface area (Å²) < 4.78 is 11.5. The smallest absolute Gasteiger partial charge is 0.305 e. The quantitative estimate of drug-likeness (QED) is 0.557. The molecule has 2 aromatic rings. The molecule has 1 aliphatic rings. The van der Waals surface area contributed by atoms with Crippen molar-refractivity contribution in [3.8, 4) is 0 Å². The third kappa shape index (κ3) is 6.81. The molecule has 156 valence electrons. The highest BCUT2D eigenvalue weighted by atomic mass is 35.5. The topological polar surface area (TPSA) is 51.7 Å². The van der Waals surface area contributed by atoms with Crippen molar-refractivity contribution in [2.75, 3.05) is 26.2 Å². The molecule has 1 aromatic heterocycles. The number of halogens is 1. The first-order valence-corrected chi connectivity index (χ1v) is 10.7. The second-order valence-electron chi connectivity index (χ2n) is 7.27. The number of rotatable bonds is 9. The number of pyridine rings is 1. The molecule has 5 nitrogen and oxygen atoms in total. The highest BCUT2D eigenvalue weighted by Crippen LogP contribution is 2.29. The maximum atomic E-state index is 11.5. The second kappa shape index (κ2) is 11.3. The average Bonchev–Trinajstić information content (AvgIpc) is 2.75. The van der Waals surface area contributed by atoms with Crippen molar-refractivity contribution in [2.45, 2.75) is 44.8 Å². The average molecular weight is 417 g/mol. The SMILES string of the molecule is CCOC(=O)CCCN1CCC(OC(c2ccc(Cl)cc2)c2ccccn2)CC1. The van der Waals surface area contributed by atoms with Gasteiger partial charge in [-0.25, -0.2) is 0 Å². The minimum atomic E-state index is -0.200. The fourth-order valence-electron chi connectivity index (χ4n) is 3.63. The fourth-order valence-corrected chi connectivity index (χ4v) is 3.76. The van der Waals surface area contributed by atoms with Crippen LogP contribution in [0.2, 0.25) is 5.02 Å². The monoisotopic (exact) mass is 416 g/mol.